The standard InChI is InChI=1S/C17H14O5/c18-13-3-1-2-11(8-13)4-6-14(19)10-16(21)12-5-7-15(20)17(22)9-12/h1-9,18,20,22H,10H2/b6-4+. The van der Waals surface area contributed by atoms with Crippen molar-refractivity contribution in [1.82, 2.24) is 0 Å². The quantitative estimate of drug-likeness (QED) is 0.341. The van der Waals surface area contributed by atoms with Crippen molar-refractivity contribution in [2.75, 3.05) is 0 Å². The predicted octanol–water partition coefficient (Wildman–Crippen LogP) is 2.66. The molecule has 0 spiro atoms. The van der Waals surface area contributed by atoms with Gasteiger partial charge in [-0.1, -0.05) is 18.2 Å². The summed E-state index contributed by atoms with van der Waals surface area (Å²) < 4.78 is 0. The second-order valence-corrected chi connectivity index (χ2v) is 4.70. The van der Waals surface area contributed by atoms with Crippen LogP contribution in [-0.4, -0.2) is 26.9 Å². The van der Waals surface area contributed by atoms with Crippen LogP contribution >= 0.6 is 0 Å². The first-order valence-corrected chi connectivity index (χ1v) is 6.51. The minimum absolute atomic E-state index is 0.0882. The smallest absolute Gasteiger partial charge is 0.170 e. The number of hydrogen-bond donors (Lipinski definition) is 3. The van der Waals surface area contributed by atoms with Gasteiger partial charge in [0.1, 0.15) is 5.75 Å². The number of Topliss-reactive ketones (excluding diaryl/α,β-unsaturated/α-hetero) is 1. The van der Waals surface area contributed by atoms with Crippen LogP contribution in [0.2, 0.25) is 0 Å². The first-order chi connectivity index (χ1) is 10.5. The monoisotopic (exact) mass is 298 g/mol. The maximum absolute atomic E-state index is 11.9. The highest BCUT2D eigenvalue weighted by Crippen LogP contribution is 2.25. The van der Waals surface area contributed by atoms with Crippen molar-refractivity contribution in [3.63, 3.8) is 0 Å². The van der Waals surface area contributed by atoms with Crippen LogP contribution < -0.4 is 0 Å². The molecule has 0 unspecified atom stereocenters. The lowest BCUT2D eigenvalue weighted by Gasteiger charge is -2.01. The molecule has 0 aliphatic rings. The minimum atomic E-state index is -0.458. The second-order valence-electron chi connectivity index (χ2n) is 4.70. The van der Waals surface area contributed by atoms with E-state index in [1.165, 1.54) is 36.4 Å². The Balaban J connectivity index is 2.02. The summed E-state index contributed by atoms with van der Waals surface area (Å²) >= 11 is 0. The maximum Gasteiger partial charge on any atom is 0.170 e. The van der Waals surface area contributed by atoms with Gasteiger partial charge in [0.15, 0.2) is 23.1 Å². The zero-order valence-electron chi connectivity index (χ0n) is 11.6. The molecular formula is C17H14O5. The second kappa shape index (κ2) is 6.58. The van der Waals surface area contributed by atoms with Gasteiger partial charge in [0.25, 0.3) is 0 Å². The fourth-order valence-corrected chi connectivity index (χ4v) is 1.83. The number of allylic oxidation sites excluding steroid dienone is 1. The van der Waals surface area contributed by atoms with Crippen LogP contribution in [0.25, 0.3) is 6.08 Å². The highest BCUT2D eigenvalue weighted by molar-refractivity contribution is 6.12. The molecule has 0 saturated carbocycles. The van der Waals surface area contributed by atoms with E-state index in [0.29, 0.717) is 5.56 Å². The van der Waals surface area contributed by atoms with Crippen molar-refractivity contribution >= 4 is 17.6 Å². The summed E-state index contributed by atoms with van der Waals surface area (Å²) in [6.07, 6.45) is 2.41. The maximum atomic E-state index is 11.9. The van der Waals surface area contributed by atoms with E-state index in [2.05, 4.69) is 0 Å². The summed E-state index contributed by atoms with van der Waals surface area (Å²) in [5.74, 6) is -1.51. The van der Waals surface area contributed by atoms with Gasteiger partial charge in [-0.3, -0.25) is 9.59 Å². The van der Waals surface area contributed by atoms with Crippen molar-refractivity contribution in [2.45, 2.75) is 6.42 Å². The van der Waals surface area contributed by atoms with Gasteiger partial charge in [-0.05, 0) is 42.0 Å². The summed E-state index contributed by atoms with van der Waals surface area (Å²) in [7, 11) is 0. The molecule has 2 rings (SSSR count). The Morgan fingerprint density at radius 1 is 0.955 bits per heavy atom. The van der Waals surface area contributed by atoms with Gasteiger partial charge in [0.2, 0.25) is 0 Å². The van der Waals surface area contributed by atoms with Gasteiger partial charge in [0.05, 0.1) is 6.42 Å². The van der Waals surface area contributed by atoms with Crippen LogP contribution in [0, 0.1) is 0 Å². The fraction of sp³-hybridized carbons (Fsp3) is 0.0588. The number of ketones is 2. The van der Waals surface area contributed by atoms with Gasteiger partial charge < -0.3 is 15.3 Å². The van der Waals surface area contributed by atoms with Gasteiger partial charge in [0, 0.05) is 5.56 Å². The predicted molar refractivity (Wildman–Crippen MR) is 80.9 cm³/mol. The summed E-state index contributed by atoms with van der Waals surface area (Å²) in [4.78, 5) is 23.7. The Morgan fingerprint density at radius 2 is 1.73 bits per heavy atom. The fourth-order valence-electron chi connectivity index (χ4n) is 1.83. The molecule has 0 amide bonds. The molecule has 5 heteroatoms. The summed E-state index contributed by atoms with van der Waals surface area (Å²) in [5, 5.41) is 27.8. The van der Waals surface area contributed by atoms with E-state index < -0.39 is 17.3 Å². The van der Waals surface area contributed by atoms with E-state index in [1.54, 1.807) is 12.1 Å². The Hall–Kier alpha value is -3.08. The normalized spacial score (nSPS) is 10.7. The van der Waals surface area contributed by atoms with E-state index in [0.717, 1.165) is 6.07 Å². The zero-order chi connectivity index (χ0) is 16.1. The van der Waals surface area contributed by atoms with Crippen molar-refractivity contribution < 1.29 is 24.9 Å². The van der Waals surface area contributed by atoms with Gasteiger partial charge >= 0.3 is 0 Å². The number of phenolic OH excluding ortho intramolecular Hbond substituents is 3. The number of carbonyl (C=O) groups excluding carboxylic acids is 2. The van der Waals surface area contributed by atoms with Crippen molar-refractivity contribution in [3.8, 4) is 17.2 Å². The molecule has 0 saturated heterocycles. The molecular weight excluding hydrogens is 284 g/mol. The molecule has 0 bridgehead atoms. The summed E-state index contributed by atoms with van der Waals surface area (Å²) in [6.45, 7) is 0. The molecule has 0 radical (unpaired) electrons. The van der Waals surface area contributed by atoms with E-state index in [4.69, 9.17) is 0 Å². The van der Waals surface area contributed by atoms with Crippen LogP contribution in [-0.2, 0) is 4.79 Å². The third-order valence-electron chi connectivity index (χ3n) is 2.96. The van der Waals surface area contributed by atoms with Gasteiger partial charge in [-0.25, -0.2) is 0 Å². The lowest BCUT2D eigenvalue weighted by molar-refractivity contribution is -0.113. The molecule has 3 N–H and O–H groups in total. The average Bonchev–Trinajstić information content (AvgIpc) is 2.48. The Morgan fingerprint density at radius 3 is 2.41 bits per heavy atom. The molecule has 0 heterocycles. The van der Waals surface area contributed by atoms with Crippen molar-refractivity contribution in [3.05, 3.63) is 59.7 Å². The Labute approximate surface area is 126 Å². The number of phenols is 3. The van der Waals surface area contributed by atoms with E-state index >= 15 is 0 Å². The minimum Gasteiger partial charge on any atom is -0.508 e. The highest BCUT2D eigenvalue weighted by atomic mass is 16.3. The van der Waals surface area contributed by atoms with E-state index in [9.17, 15) is 24.9 Å². The molecule has 22 heavy (non-hydrogen) atoms. The van der Waals surface area contributed by atoms with E-state index in [-0.39, 0.29) is 23.5 Å². The van der Waals surface area contributed by atoms with Crippen molar-refractivity contribution in [1.29, 1.82) is 0 Å². The van der Waals surface area contributed by atoms with Crippen molar-refractivity contribution in [2.24, 2.45) is 0 Å². The molecule has 2 aromatic carbocycles. The number of hydrogen-bond acceptors (Lipinski definition) is 5. The Bertz CT molecular complexity index is 746. The lowest BCUT2D eigenvalue weighted by atomic mass is 10.0. The van der Waals surface area contributed by atoms with Gasteiger partial charge in [-0.15, -0.1) is 0 Å². The number of benzene rings is 2. The first kappa shape index (κ1) is 15.3. The van der Waals surface area contributed by atoms with E-state index in [1.807, 2.05) is 0 Å². The SMILES string of the molecule is O=C(/C=C/c1cccc(O)c1)CC(=O)c1ccc(O)c(O)c1. The van der Waals surface area contributed by atoms with Gasteiger partial charge in [-0.2, -0.15) is 0 Å². The molecule has 2 aromatic rings. The molecule has 0 aliphatic heterocycles. The molecule has 112 valence electrons. The number of aromatic hydroxyl groups is 3. The van der Waals surface area contributed by atoms with Crippen LogP contribution in [0.3, 0.4) is 0 Å². The third kappa shape index (κ3) is 3.96. The molecule has 5 nitrogen and oxygen atoms in total. The third-order valence-corrected chi connectivity index (χ3v) is 2.96. The average molecular weight is 298 g/mol. The highest BCUT2D eigenvalue weighted by Gasteiger charge is 2.12. The van der Waals surface area contributed by atoms with Crippen LogP contribution in [0.1, 0.15) is 22.3 Å². The summed E-state index contributed by atoms with van der Waals surface area (Å²) in [6, 6.07) is 10.00. The van der Waals surface area contributed by atoms with Crippen LogP contribution in [0.4, 0.5) is 0 Å². The number of rotatable bonds is 5. The summed E-state index contributed by atoms with van der Waals surface area (Å²) in [5.41, 5.74) is 0.789. The first-order valence-electron chi connectivity index (χ1n) is 6.51. The zero-order valence-corrected chi connectivity index (χ0v) is 11.6. The largest absolute Gasteiger partial charge is 0.508 e. The lowest BCUT2D eigenvalue weighted by Crippen LogP contribution is -2.05. The Kier molecular flexibility index (Phi) is 4.58. The molecule has 0 atom stereocenters. The molecule has 0 aromatic heterocycles. The van der Waals surface area contributed by atoms with Crippen LogP contribution in [0.15, 0.2) is 48.5 Å². The molecule has 0 fully saturated rings. The number of carbonyl (C=O) groups is 2. The topological polar surface area (TPSA) is 94.8 Å². The molecule has 0 aliphatic carbocycles. The van der Waals surface area contributed by atoms with Crippen LogP contribution in [0.5, 0.6) is 17.2 Å².